The molecule has 1 aromatic heterocycles. The Hall–Kier alpha value is -3.95. The normalized spacial score (nSPS) is 19.5. The van der Waals surface area contributed by atoms with Crippen molar-refractivity contribution in [3.8, 4) is 0 Å². The van der Waals surface area contributed by atoms with Gasteiger partial charge in [-0.15, -0.1) is 0 Å². The fourth-order valence-corrected chi connectivity index (χ4v) is 8.14. The molecule has 3 heterocycles. The molecule has 1 aliphatic carbocycles. The van der Waals surface area contributed by atoms with Crippen LogP contribution in [0.4, 0.5) is 16.3 Å². The number of carboxylic acid groups (broad SMARTS) is 1. The summed E-state index contributed by atoms with van der Waals surface area (Å²) in [5.41, 5.74) is 2.95. The Balaban J connectivity index is 1.12. The number of hydrogen-bond acceptors (Lipinski definition) is 5. The maximum Gasteiger partial charge on any atom is 0.407 e. The van der Waals surface area contributed by atoms with E-state index < -0.39 is 11.5 Å². The number of carbonyl (C=O) groups excluding carboxylic acids is 3. The number of likely N-dealkylation sites (tertiary alicyclic amines) is 1. The Kier molecular flexibility index (Phi) is 13.7. The number of pyridine rings is 1. The first-order valence-corrected chi connectivity index (χ1v) is 19.3. The minimum Gasteiger partial charge on any atom is -0.465 e. The summed E-state index contributed by atoms with van der Waals surface area (Å²) < 4.78 is 0. The first-order chi connectivity index (χ1) is 24.3. The van der Waals surface area contributed by atoms with E-state index in [2.05, 4.69) is 22.5 Å². The maximum atomic E-state index is 13.7. The van der Waals surface area contributed by atoms with Crippen molar-refractivity contribution in [2.24, 2.45) is 0 Å². The number of anilines is 2. The van der Waals surface area contributed by atoms with Crippen LogP contribution in [0.1, 0.15) is 133 Å². The van der Waals surface area contributed by atoms with E-state index in [1.54, 1.807) is 11.1 Å². The Morgan fingerprint density at radius 2 is 1.60 bits per heavy atom. The molecule has 10 heteroatoms. The van der Waals surface area contributed by atoms with Crippen LogP contribution in [0, 0.1) is 0 Å². The molecule has 2 atom stereocenters. The van der Waals surface area contributed by atoms with E-state index in [0.29, 0.717) is 63.1 Å². The second-order valence-electron chi connectivity index (χ2n) is 14.7. The number of carbonyl (C=O) groups is 4. The molecule has 1 saturated heterocycles. The van der Waals surface area contributed by atoms with E-state index in [9.17, 15) is 24.3 Å². The summed E-state index contributed by atoms with van der Waals surface area (Å²) in [5.74, 6) is 0.263. The molecule has 3 aliphatic rings. The van der Waals surface area contributed by atoms with Gasteiger partial charge in [0.05, 0.1) is 5.41 Å². The van der Waals surface area contributed by atoms with Crippen molar-refractivity contribution in [2.45, 2.75) is 140 Å². The predicted octanol–water partition coefficient (Wildman–Crippen LogP) is 7.85. The molecule has 1 fully saturated rings. The van der Waals surface area contributed by atoms with Crippen molar-refractivity contribution in [2.75, 3.05) is 30.3 Å². The number of fused-ring (bicyclic) bond motifs is 3. The lowest BCUT2D eigenvalue weighted by Gasteiger charge is -2.31. The summed E-state index contributed by atoms with van der Waals surface area (Å²) in [6.07, 6.45) is 20.1. The number of benzene rings is 1. The SMILES string of the molecule is CCCCCCCCCCCCCCCC(=O)N(CC(=O)Nc1ccc2c(c1)CC1(C2)C(=O)Nc2ncccc21)C1CCCN(C(=O)O)CC1. The molecule has 0 bridgehead atoms. The van der Waals surface area contributed by atoms with Crippen molar-refractivity contribution in [3.63, 3.8) is 0 Å². The van der Waals surface area contributed by atoms with Crippen LogP contribution in [0.2, 0.25) is 0 Å². The van der Waals surface area contributed by atoms with Crippen LogP contribution in [0.5, 0.6) is 0 Å². The van der Waals surface area contributed by atoms with E-state index >= 15 is 0 Å². The highest BCUT2D eigenvalue weighted by Gasteiger charge is 2.51. The fourth-order valence-electron chi connectivity index (χ4n) is 8.14. The lowest BCUT2D eigenvalue weighted by molar-refractivity contribution is -0.137. The quantitative estimate of drug-likeness (QED) is 0.137. The Morgan fingerprint density at radius 3 is 2.30 bits per heavy atom. The van der Waals surface area contributed by atoms with E-state index in [-0.39, 0.29) is 30.3 Å². The van der Waals surface area contributed by atoms with Crippen molar-refractivity contribution in [3.05, 3.63) is 53.2 Å². The summed E-state index contributed by atoms with van der Waals surface area (Å²) in [6.45, 7) is 2.97. The van der Waals surface area contributed by atoms with Crippen LogP contribution in [0.3, 0.4) is 0 Å². The third-order valence-electron chi connectivity index (χ3n) is 11.0. The number of rotatable bonds is 18. The molecule has 1 aromatic carbocycles. The van der Waals surface area contributed by atoms with Gasteiger partial charge in [0.2, 0.25) is 17.7 Å². The molecular formula is C40H57N5O5. The van der Waals surface area contributed by atoms with E-state index in [4.69, 9.17) is 0 Å². The lowest BCUT2D eigenvalue weighted by atomic mass is 9.79. The number of nitrogens with zero attached hydrogens (tertiary/aromatic N) is 3. The highest BCUT2D eigenvalue weighted by molar-refractivity contribution is 6.06. The summed E-state index contributed by atoms with van der Waals surface area (Å²) in [7, 11) is 0. The van der Waals surface area contributed by atoms with Gasteiger partial charge in [-0.1, -0.05) is 96.1 Å². The van der Waals surface area contributed by atoms with Gasteiger partial charge < -0.3 is 25.5 Å². The molecule has 0 saturated carbocycles. The molecule has 1 spiro atoms. The first kappa shape index (κ1) is 37.3. The van der Waals surface area contributed by atoms with Gasteiger partial charge in [0.1, 0.15) is 12.4 Å². The number of unbranched alkanes of at least 4 members (excludes halogenated alkanes) is 12. The van der Waals surface area contributed by atoms with Gasteiger partial charge in [0.25, 0.3) is 0 Å². The number of hydrogen-bond donors (Lipinski definition) is 3. The van der Waals surface area contributed by atoms with Gasteiger partial charge >= 0.3 is 6.09 Å². The van der Waals surface area contributed by atoms with Crippen LogP contribution in [-0.4, -0.2) is 69.4 Å². The highest BCUT2D eigenvalue weighted by Crippen LogP contribution is 2.47. The Labute approximate surface area is 297 Å². The molecular weight excluding hydrogens is 630 g/mol. The lowest BCUT2D eigenvalue weighted by Crippen LogP contribution is -2.45. The molecule has 2 aromatic rings. The minimum absolute atomic E-state index is 0.0348. The molecule has 4 amide bonds. The van der Waals surface area contributed by atoms with E-state index in [0.717, 1.165) is 36.0 Å². The number of nitrogens with one attached hydrogen (secondary N) is 2. The van der Waals surface area contributed by atoms with Crippen LogP contribution in [0.25, 0.3) is 0 Å². The zero-order valence-electron chi connectivity index (χ0n) is 30.0. The summed E-state index contributed by atoms with van der Waals surface area (Å²) in [4.78, 5) is 59.4. The molecule has 5 rings (SSSR count). The molecule has 272 valence electrons. The second-order valence-corrected chi connectivity index (χ2v) is 14.7. The maximum absolute atomic E-state index is 13.7. The summed E-state index contributed by atoms with van der Waals surface area (Å²) in [6, 6.07) is 9.41. The van der Waals surface area contributed by atoms with E-state index in [1.807, 2.05) is 30.3 Å². The van der Waals surface area contributed by atoms with Crippen molar-refractivity contribution in [1.29, 1.82) is 0 Å². The molecule has 50 heavy (non-hydrogen) atoms. The number of aromatic nitrogens is 1. The van der Waals surface area contributed by atoms with Gasteiger partial charge in [0.15, 0.2) is 0 Å². The van der Waals surface area contributed by atoms with Crippen LogP contribution >= 0.6 is 0 Å². The van der Waals surface area contributed by atoms with Crippen molar-refractivity contribution >= 4 is 35.3 Å². The van der Waals surface area contributed by atoms with Crippen LogP contribution in [0.15, 0.2) is 36.5 Å². The Bertz CT molecular complexity index is 1480. The monoisotopic (exact) mass is 687 g/mol. The largest absolute Gasteiger partial charge is 0.465 e. The van der Waals surface area contributed by atoms with Gasteiger partial charge in [-0.25, -0.2) is 9.78 Å². The smallest absolute Gasteiger partial charge is 0.407 e. The molecule has 0 radical (unpaired) electrons. The van der Waals surface area contributed by atoms with Crippen molar-refractivity contribution < 1.29 is 24.3 Å². The molecule has 2 unspecified atom stereocenters. The summed E-state index contributed by atoms with van der Waals surface area (Å²) in [5, 5.41) is 15.5. The van der Waals surface area contributed by atoms with E-state index in [1.165, 1.54) is 69.1 Å². The fraction of sp³-hybridized carbons (Fsp3) is 0.625. The van der Waals surface area contributed by atoms with Gasteiger partial charge in [-0.05, 0) is 67.9 Å². The highest BCUT2D eigenvalue weighted by atomic mass is 16.4. The van der Waals surface area contributed by atoms with Crippen LogP contribution in [-0.2, 0) is 32.6 Å². The minimum atomic E-state index is -0.943. The summed E-state index contributed by atoms with van der Waals surface area (Å²) >= 11 is 0. The standard InChI is InChI=1S/C40H57N5O5/c1-2-3-4-5-6-7-8-9-10-11-12-13-14-19-36(47)45(33-17-16-24-44(25-22-33)39(49)50)29-35(46)42-32-21-20-30-27-40(28-31(30)26-32)34-18-15-23-41-37(34)43-38(40)48/h15,18,20-21,23,26,33H,2-14,16-17,19,22,24-25,27-29H2,1H3,(H,42,46)(H,49,50)(H,41,43,48). The molecule has 2 aliphatic heterocycles. The van der Waals surface area contributed by atoms with Crippen LogP contribution < -0.4 is 10.6 Å². The average Bonchev–Trinajstić information content (AvgIpc) is 3.49. The zero-order valence-corrected chi connectivity index (χ0v) is 30.0. The van der Waals surface area contributed by atoms with Gasteiger partial charge in [-0.2, -0.15) is 0 Å². The zero-order chi connectivity index (χ0) is 35.3. The third kappa shape index (κ3) is 9.63. The second kappa shape index (κ2) is 18.3. The third-order valence-corrected chi connectivity index (χ3v) is 11.0. The number of amides is 4. The average molecular weight is 688 g/mol. The topological polar surface area (TPSA) is 132 Å². The predicted molar refractivity (Wildman–Crippen MR) is 196 cm³/mol. The van der Waals surface area contributed by atoms with Gasteiger partial charge in [-0.3, -0.25) is 14.4 Å². The molecule has 10 nitrogen and oxygen atoms in total. The Morgan fingerprint density at radius 1 is 0.920 bits per heavy atom. The van der Waals surface area contributed by atoms with Crippen molar-refractivity contribution in [1.82, 2.24) is 14.8 Å². The van der Waals surface area contributed by atoms with Gasteiger partial charge in [0, 0.05) is 43.0 Å². The molecule has 3 N–H and O–H groups in total. The first-order valence-electron chi connectivity index (χ1n) is 19.3.